The van der Waals surface area contributed by atoms with Gasteiger partial charge in [0.05, 0.1) is 16.9 Å². The summed E-state index contributed by atoms with van der Waals surface area (Å²) in [5.41, 5.74) is 8.34. The second kappa shape index (κ2) is 5.80. The Morgan fingerprint density at radius 3 is 2.80 bits per heavy atom. The highest BCUT2D eigenvalue weighted by Crippen LogP contribution is 2.43. The van der Waals surface area contributed by atoms with E-state index in [2.05, 4.69) is 48.4 Å². The van der Waals surface area contributed by atoms with Gasteiger partial charge in [-0.3, -0.25) is 10.2 Å². The van der Waals surface area contributed by atoms with E-state index in [1.807, 2.05) is 30.1 Å². The van der Waals surface area contributed by atoms with Gasteiger partial charge in [-0.25, -0.2) is 5.01 Å². The molecule has 1 amide bonds. The zero-order valence-corrected chi connectivity index (χ0v) is 15.2. The molecule has 0 aromatic heterocycles. The van der Waals surface area contributed by atoms with Crippen LogP contribution in [-0.2, 0) is 6.42 Å². The van der Waals surface area contributed by atoms with Crippen LogP contribution in [0, 0.1) is 6.92 Å². The Bertz CT molecular complexity index is 832. The predicted molar refractivity (Wildman–Crippen MR) is 102 cm³/mol. The second-order valence-corrected chi connectivity index (χ2v) is 7.26. The number of para-hydroxylation sites is 1. The van der Waals surface area contributed by atoms with Gasteiger partial charge in [0.1, 0.15) is 5.66 Å². The average molecular weight is 335 g/mol. The van der Waals surface area contributed by atoms with Gasteiger partial charge in [0, 0.05) is 6.54 Å². The molecule has 4 rings (SSSR count). The lowest BCUT2D eigenvalue weighted by Crippen LogP contribution is -2.63. The van der Waals surface area contributed by atoms with Gasteiger partial charge in [-0.05, 0) is 56.9 Å². The van der Waals surface area contributed by atoms with Crippen LogP contribution in [0.15, 0.2) is 42.5 Å². The Morgan fingerprint density at radius 2 is 2.00 bits per heavy atom. The van der Waals surface area contributed by atoms with Crippen LogP contribution in [0.1, 0.15) is 48.2 Å². The molecule has 25 heavy (non-hydrogen) atoms. The molecule has 1 fully saturated rings. The molecule has 1 N–H and O–H groups in total. The minimum Gasteiger partial charge on any atom is -0.347 e. The minimum absolute atomic E-state index is 0.0604. The highest BCUT2D eigenvalue weighted by Gasteiger charge is 2.49. The first-order valence-electron chi connectivity index (χ1n) is 9.12. The van der Waals surface area contributed by atoms with E-state index in [1.54, 1.807) is 0 Å². The van der Waals surface area contributed by atoms with E-state index in [9.17, 15) is 4.79 Å². The van der Waals surface area contributed by atoms with Crippen molar-refractivity contribution < 1.29 is 4.79 Å². The van der Waals surface area contributed by atoms with Crippen LogP contribution in [0.25, 0.3) is 0 Å². The van der Waals surface area contributed by atoms with Crippen molar-refractivity contribution in [3.05, 3.63) is 59.2 Å². The molecule has 2 aliphatic rings. The smallest absolute Gasteiger partial charge is 0.276 e. The Labute approximate surface area is 149 Å². The summed E-state index contributed by atoms with van der Waals surface area (Å²) in [5, 5.41) is 1.86. The van der Waals surface area contributed by atoms with Gasteiger partial charge in [-0.2, -0.15) is 0 Å². The Kier molecular flexibility index (Phi) is 3.71. The van der Waals surface area contributed by atoms with E-state index in [-0.39, 0.29) is 11.6 Å². The normalized spacial score (nSPS) is 22.0. The molecule has 2 aliphatic heterocycles. The summed E-state index contributed by atoms with van der Waals surface area (Å²) in [6.45, 7) is 7.33. The minimum atomic E-state index is -0.333. The molecule has 1 atom stereocenters. The van der Waals surface area contributed by atoms with E-state index in [1.165, 1.54) is 5.56 Å². The number of hydrogen-bond donors (Lipinski definition) is 1. The lowest BCUT2D eigenvalue weighted by molar-refractivity contribution is 0.0579. The number of carbonyl (C=O) groups is 1. The lowest BCUT2D eigenvalue weighted by atomic mass is 9.98. The largest absolute Gasteiger partial charge is 0.347 e. The van der Waals surface area contributed by atoms with E-state index in [0.29, 0.717) is 0 Å². The van der Waals surface area contributed by atoms with Crippen LogP contribution in [0.4, 0.5) is 11.4 Å². The quantitative estimate of drug-likeness (QED) is 0.905. The molecule has 2 aromatic carbocycles. The Balaban J connectivity index is 1.80. The number of nitrogens with one attached hydrogen (secondary N) is 1. The zero-order chi connectivity index (χ0) is 17.6. The van der Waals surface area contributed by atoms with Gasteiger partial charge in [0.25, 0.3) is 5.91 Å². The molecular weight excluding hydrogens is 310 g/mol. The number of hydrogen-bond acceptors (Lipinski definition) is 3. The molecule has 0 saturated carbocycles. The summed E-state index contributed by atoms with van der Waals surface area (Å²) in [7, 11) is 0. The van der Waals surface area contributed by atoms with E-state index >= 15 is 0 Å². The van der Waals surface area contributed by atoms with Crippen molar-refractivity contribution in [2.75, 3.05) is 16.9 Å². The maximum Gasteiger partial charge on any atom is 0.276 e. The van der Waals surface area contributed by atoms with Crippen molar-refractivity contribution in [3.8, 4) is 0 Å². The first-order valence-corrected chi connectivity index (χ1v) is 9.12. The van der Waals surface area contributed by atoms with Crippen LogP contribution in [0.2, 0.25) is 0 Å². The summed E-state index contributed by atoms with van der Waals surface area (Å²) in [4.78, 5) is 15.7. The summed E-state index contributed by atoms with van der Waals surface area (Å²) in [6.07, 6.45) is 2.99. The van der Waals surface area contributed by atoms with Gasteiger partial charge >= 0.3 is 0 Å². The number of aryl methyl sites for hydroxylation is 2. The van der Waals surface area contributed by atoms with E-state index in [0.717, 1.165) is 48.3 Å². The molecule has 0 bridgehead atoms. The topological polar surface area (TPSA) is 35.6 Å². The third-order valence-corrected chi connectivity index (χ3v) is 5.60. The molecule has 1 unspecified atom stereocenters. The molecule has 0 spiro atoms. The van der Waals surface area contributed by atoms with Crippen molar-refractivity contribution in [2.24, 2.45) is 0 Å². The van der Waals surface area contributed by atoms with E-state index < -0.39 is 0 Å². The predicted octanol–water partition coefficient (Wildman–Crippen LogP) is 4.36. The summed E-state index contributed by atoms with van der Waals surface area (Å²) >= 11 is 0. The number of carbonyl (C=O) groups excluding carboxylic acids is 1. The molecule has 0 aliphatic carbocycles. The van der Waals surface area contributed by atoms with Crippen LogP contribution >= 0.6 is 0 Å². The summed E-state index contributed by atoms with van der Waals surface area (Å²) in [6, 6.07) is 14.4. The molecule has 0 radical (unpaired) electrons. The summed E-state index contributed by atoms with van der Waals surface area (Å²) < 4.78 is 0. The van der Waals surface area contributed by atoms with Gasteiger partial charge in [-0.15, -0.1) is 0 Å². The Hall–Kier alpha value is -2.49. The first kappa shape index (κ1) is 16.0. The Morgan fingerprint density at radius 1 is 1.20 bits per heavy atom. The monoisotopic (exact) mass is 335 g/mol. The van der Waals surface area contributed by atoms with Crippen molar-refractivity contribution in [1.29, 1.82) is 0 Å². The number of amides is 1. The highest BCUT2D eigenvalue weighted by atomic mass is 16.2. The number of nitrogens with zero attached hydrogens (tertiary/aromatic N) is 2. The van der Waals surface area contributed by atoms with Crippen molar-refractivity contribution in [2.45, 2.75) is 45.7 Å². The number of benzene rings is 2. The number of fused-ring (bicyclic) bond motifs is 3. The van der Waals surface area contributed by atoms with Gasteiger partial charge in [0.2, 0.25) is 0 Å². The van der Waals surface area contributed by atoms with Crippen LogP contribution in [0.5, 0.6) is 0 Å². The van der Waals surface area contributed by atoms with Gasteiger partial charge < -0.3 is 4.90 Å². The third-order valence-electron chi connectivity index (χ3n) is 5.60. The van der Waals surface area contributed by atoms with Crippen molar-refractivity contribution in [1.82, 2.24) is 5.01 Å². The van der Waals surface area contributed by atoms with Crippen LogP contribution in [-0.4, -0.2) is 23.1 Å². The molecule has 2 aromatic rings. The maximum atomic E-state index is 13.4. The summed E-state index contributed by atoms with van der Waals surface area (Å²) in [5.74, 6) is 0.0604. The number of anilines is 2. The van der Waals surface area contributed by atoms with Gasteiger partial charge in [0.15, 0.2) is 0 Å². The number of rotatable bonds is 3. The fraction of sp³-hybridized carbons (Fsp3) is 0.381. The molecule has 130 valence electrons. The molecule has 1 saturated heterocycles. The van der Waals surface area contributed by atoms with E-state index in [4.69, 9.17) is 0 Å². The van der Waals surface area contributed by atoms with Crippen molar-refractivity contribution in [3.63, 3.8) is 0 Å². The average Bonchev–Trinajstić information content (AvgIpc) is 3.01. The fourth-order valence-corrected chi connectivity index (χ4v) is 4.19. The van der Waals surface area contributed by atoms with Crippen LogP contribution < -0.4 is 10.3 Å². The SMILES string of the molecule is CCc1ccccc1NN1C(=O)c2cc(C)ccc2N2CCCC12C. The van der Waals surface area contributed by atoms with Crippen molar-refractivity contribution >= 4 is 17.3 Å². The fourth-order valence-electron chi connectivity index (χ4n) is 4.19. The highest BCUT2D eigenvalue weighted by molar-refractivity contribution is 6.03. The molecule has 4 heteroatoms. The standard InChI is InChI=1S/C21H25N3O/c1-4-16-8-5-6-9-18(16)22-24-20(25)17-14-15(2)10-11-19(17)23-13-7-12-21(23,24)3/h5-6,8-11,14,22H,4,7,12-13H2,1-3H3. The molecule has 2 heterocycles. The molecular formula is C21H25N3O. The lowest BCUT2D eigenvalue weighted by Gasteiger charge is -2.49. The van der Waals surface area contributed by atoms with Gasteiger partial charge in [-0.1, -0.05) is 36.8 Å². The number of hydrazine groups is 1. The third kappa shape index (κ3) is 2.39. The molecule has 4 nitrogen and oxygen atoms in total. The zero-order valence-electron chi connectivity index (χ0n) is 15.2. The van der Waals surface area contributed by atoms with Crippen LogP contribution in [0.3, 0.4) is 0 Å². The maximum absolute atomic E-state index is 13.4. The first-order chi connectivity index (χ1) is 12.0. The second-order valence-electron chi connectivity index (χ2n) is 7.26.